The molecule has 17 heavy (non-hydrogen) atoms. The number of benzene rings is 1. The molecular formula is C12H16BrN3O. The first-order chi connectivity index (χ1) is 8.11. The van der Waals surface area contributed by atoms with Crippen molar-refractivity contribution < 1.29 is 4.79 Å². The molecule has 0 aliphatic carbocycles. The minimum Gasteiger partial charge on any atom is -0.370 e. The maximum atomic E-state index is 11.2. The summed E-state index contributed by atoms with van der Waals surface area (Å²) in [4.78, 5) is 13.3. The van der Waals surface area contributed by atoms with Gasteiger partial charge >= 0.3 is 0 Å². The normalized spacial score (nSPS) is 19.6. The fourth-order valence-corrected chi connectivity index (χ4v) is 2.65. The summed E-state index contributed by atoms with van der Waals surface area (Å²) in [5.74, 6) is -0.247. The molecule has 0 radical (unpaired) electrons. The summed E-state index contributed by atoms with van der Waals surface area (Å²) in [7, 11) is 0. The molecule has 1 atom stereocenters. The lowest BCUT2D eigenvalue weighted by Gasteiger charge is -2.21. The Morgan fingerprint density at radius 2 is 2.29 bits per heavy atom. The summed E-state index contributed by atoms with van der Waals surface area (Å²) in [5, 5.41) is 0. The van der Waals surface area contributed by atoms with E-state index in [0.29, 0.717) is 13.1 Å². The number of hydrogen-bond acceptors (Lipinski definition) is 3. The van der Waals surface area contributed by atoms with Crippen LogP contribution in [0.3, 0.4) is 0 Å². The Morgan fingerprint density at radius 1 is 1.53 bits per heavy atom. The van der Waals surface area contributed by atoms with Crippen molar-refractivity contribution in [3.8, 4) is 0 Å². The fourth-order valence-electron chi connectivity index (χ4n) is 2.24. The number of rotatable bonds is 3. The van der Waals surface area contributed by atoms with E-state index in [1.165, 1.54) is 0 Å². The number of nitrogens with zero attached hydrogens (tertiary/aromatic N) is 1. The Labute approximate surface area is 109 Å². The van der Waals surface area contributed by atoms with Gasteiger partial charge in [-0.2, -0.15) is 0 Å². The largest absolute Gasteiger partial charge is 0.370 e. The minimum atomic E-state index is -0.209. The molecule has 4 nitrogen and oxygen atoms in total. The zero-order valence-electron chi connectivity index (χ0n) is 9.53. The number of halogens is 1. The van der Waals surface area contributed by atoms with Gasteiger partial charge in [-0.15, -0.1) is 0 Å². The lowest BCUT2D eigenvalue weighted by Crippen LogP contribution is -2.27. The lowest BCUT2D eigenvalue weighted by atomic mass is 10.1. The van der Waals surface area contributed by atoms with Crippen LogP contribution in [-0.2, 0) is 11.3 Å². The van der Waals surface area contributed by atoms with E-state index < -0.39 is 0 Å². The van der Waals surface area contributed by atoms with Gasteiger partial charge in [0.15, 0.2) is 0 Å². The van der Waals surface area contributed by atoms with Crippen molar-refractivity contribution in [1.29, 1.82) is 0 Å². The molecule has 1 heterocycles. The molecule has 1 fully saturated rings. The number of primary amides is 1. The van der Waals surface area contributed by atoms with Crippen molar-refractivity contribution in [1.82, 2.24) is 0 Å². The Bertz CT molecular complexity index is 436. The van der Waals surface area contributed by atoms with Crippen LogP contribution in [0.2, 0.25) is 0 Å². The first-order valence-electron chi connectivity index (χ1n) is 5.64. The third-order valence-electron chi connectivity index (χ3n) is 3.19. The monoisotopic (exact) mass is 297 g/mol. The van der Waals surface area contributed by atoms with Gasteiger partial charge in [-0.25, -0.2) is 0 Å². The van der Waals surface area contributed by atoms with Gasteiger partial charge in [-0.05, 0) is 30.2 Å². The van der Waals surface area contributed by atoms with Gasteiger partial charge in [0.05, 0.1) is 5.92 Å². The maximum absolute atomic E-state index is 11.2. The molecule has 1 aliphatic rings. The van der Waals surface area contributed by atoms with Crippen LogP contribution >= 0.6 is 15.9 Å². The maximum Gasteiger partial charge on any atom is 0.222 e. The van der Waals surface area contributed by atoms with Crippen LogP contribution in [-0.4, -0.2) is 19.0 Å². The summed E-state index contributed by atoms with van der Waals surface area (Å²) in [6, 6.07) is 6.05. The average Bonchev–Trinajstić information content (AvgIpc) is 2.78. The molecule has 2 rings (SSSR count). The summed E-state index contributed by atoms with van der Waals surface area (Å²) < 4.78 is 1.02. The zero-order valence-corrected chi connectivity index (χ0v) is 11.1. The number of hydrogen-bond donors (Lipinski definition) is 2. The van der Waals surface area contributed by atoms with E-state index in [9.17, 15) is 4.79 Å². The Balaban J connectivity index is 2.21. The third-order valence-corrected chi connectivity index (χ3v) is 3.69. The van der Waals surface area contributed by atoms with Crippen LogP contribution < -0.4 is 16.4 Å². The smallest absolute Gasteiger partial charge is 0.222 e. The zero-order chi connectivity index (χ0) is 12.4. The first-order valence-corrected chi connectivity index (χ1v) is 6.44. The third kappa shape index (κ3) is 2.61. The molecule has 4 N–H and O–H groups in total. The molecule has 1 aromatic rings. The molecule has 5 heteroatoms. The standard InChI is InChI=1S/C12H16BrN3O/c13-10-1-2-11(9(5-10)6-14)16-4-3-8(7-16)12(15)17/h1-2,5,8H,3-4,6-7,14H2,(H2,15,17). The van der Waals surface area contributed by atoms with Gasteiger partial charge in [-0.3, -0.25) is 4.79 Å². The number of anilines is 1. The molecule has 0 saturated carbocycles. The summed E-state index contributed by atoms with van der Waals surface area (Å²) in [6.07, 6.45) is 0.829. The molecule has 1 aromatic carbocycles. The molecule has 1 amide bonds. The molecule has 1 aliphatic heterocycles. The predicted octanol–water partition coefficient (Wildman–Crippen LogP) is 1.22. The molecule has 1 unspecified atom stereocenters. The van der Waals surface area contributed by atoms with E-state index in [2.05, 4.69) is 20.8 Å². The van der Waals surface area contributed by atoms with Crippen molar-refractivity contribution in [2.75, 3.05) is 18.0 Å². The van der Waals surface area contributed by atoms with E-state index in [1.807, 2.05) is 18.2 Å². The van der Waals surface area contributed by atoms with Crippen molar-refractivity contribution in [2.45, 2.75) is 13.0 Å². The van der Waals surface area contributed by atoms with Crippen LogP contribution in [0.15, 0.2) is 22.7 Å². The SMILES string of the molecule is NCc1cc(Br)ccc1N1CCC(C(N)=O)C1. The van der Waals surface area contributed by atoms with Crippen LogP contribution in [0.1, 0.15) is 12.0 Å². The van der Waals surface area contributed by atoms with Crippen LogP contribution in [0.4, 0.5) is 5.69 Å². The first kappa shape index (κ1) is 12.4. The highest BCUT2D eigenvalue weighted by Crippen LogP contribution is 2.29. The van der Waals surface area contributed by atoms with E-state index >= 15 is 0 Å². The Morgan fingerprint density at radius 3 is 2.88 bits per heavy atom. The van der Waals surface area contributed by atoms with Crippen molar-refractivity contribution >= 4 is 27.5 Å². The quantitative estimate of drug-likeness (QED) is 0.881. The van der Waals surface area contributed by atoms with Gasteiger partial charge in [0, 0.05) is 29.8 Å². The van der Waals surface area contributed by atoms with Crippen LogP contribution in [0, 0.1) is 5.92 Å². The summed E-state index contributed by atoms with van der Waals surface area (Å²) in [5.41, 5.74) is 13.3. The Kier molecular flexibility index (Phi) is 3.69. The molecule has 1 saturated heterocycles. The number of carbonyl (C=O) groups is 1. The predicted molar refractivity (Wildman–Crippen MR) is 71.5 cm³/mol. The summed E-state index contributed by atoms with van der Waals surface area (Å²) in [6.45, 7) is 2.05. The molecule has 92 valence electrons. The van der Waals surface area contributed by atoms with Crippen LogP contribution in [0.25, 0.3) is 0 Å². The lowest BCUT2D eigenvalue weighted by molar-refractivity contribution is -0.121. The van der Waals surface area contributed by atoms with E-state index in [0.717, 1.165) is 28.7 Å². The second-order valence-electron chi connectivity index (χ2n) is 4.31. The second-order valence-corrected chi connectivity index (χ2v) is 5.23. The molecular weight excluding hydrogens is 282 g/mol. The topological polar surface area (TPSA) is 72.3 Å². The van der Waals surface area contributed by atoms with Crippen LogP contribution in [0.5, 0.6) is 0 Å². The number of carbonyl (C=O) groups excluding carboxylic acids is 1. The molecule has 0 bridgehead atoms. The Hall–Kier alpha value is -1.07. The fraction of sp³-hybridized carbons (Fsp3) is 0.417. The molecule has 0 aromatic heterocycles. The number of nitrogens with two attached hydrogens (primary N) is 2. The van der Waals surface area contributed by atoms with Crippen molar-refractivity contribution in [3.05, 3.63) is 28.2 Å². The van der Waals surface area contributed by atoms with Gasteiger partial charge < -0.3 is 16.4 Å². The van der Waals surface area contributed by atoms with E-state index in [1.54, 1.807) is 0 Å². The van der Waals surface area contributed by atoms with Gasteiger partial charge in [0.25, 0.3) is 0 Å². The van der Waals surface area contributed by atoms with E-state index in [4.69, 9.17) is 11.5 Å². The average molecular weight is 298 g/mol. The highest BCUT2D eigenvalue weighted by atomic mass is 79.9. The minimum absolute atomic E-state index is 0.0377. The summed E-state index contributed by atoms with van der Waals surface area (Å²) >= 11 is 3.43. The number of amides is 1. The van der Waals surface area contributed by atoms with E-state index in [-0.39, 0.29) is 11.8 Å². The van der Waals surface area contributed by atoms with Crippen molar-refractivity contribution in [3.63, 3.8) is 0 Å². The van der Waals surface area contributed by atoms with Gasteiger partial charge in [-0.1, -0.05) is 15.9 Å². The van der Waals surface area contributed by atoms with Crippen molar-refractivity contribution in [2.24, 2.45) is 17.4 Å². The van der Waals surface area contributed by atoms with Gasteiger partial charge in [0.1, 0.15) is 0 Å². The van der Waals surface area contributed by atoms with Gasteiger partial charge in [0.2, 0.25) is 5.91 Å². The highest BCUT2D eigenvalue weighted by molar-refractivity contribution is 9.10. The second kappa shape index (κ2) is 5.06. The highest BCUT2D eigenvalue weighted by Gasteiger charge is 2.27. The molecule has 0 spiro atoms.